The van der Waals surface area contributed by atoms with Gasteiger partial charge in [0.05, 0.1) is 11.4 Å². The number of halogens is 2. The summed E-state index contributed by atoms with van der Waals surface area (Å²) in [5.41, 5.74) is 1.56. The molecule has 0 saturated heterocycles. The number of hydrogen-bond acceptors (Lipinski definition) is 6. The Morgan fingerprint density at radius 3 is 2.52 bits per heavy atom. The van der Waals surface area contributed by atoms with Crippen molar-refractivity contribution in [1.82, 2.24) is 30.3 Å². The zero-order valence-corrected chi connectivity index (χ0v) is 17.7. The van der Waals surface area contributed by atoms with E-state index in [-0.39, 0.29) is 17.6 Å². The van der Waals surface area contributed by atoms with E-state index in [9.17, 15) is 4.79 Å². The Morgan fingerprint density at radius 1 is 1.14 bits per heavy atom. The lowest BCUT2D eigenvalue weighted by Crippen LogP contribution is -2.33. The second kappa shape index (κ2) is 9.11. The van der Waals surface area contributed by atoms with Gasteiger partial charge in [-0.25, -0.2) is 14.6 Å². The highest BCUT2D eigenvalue weighted by atomic mass is 35.5. The number of amides is 1. The van der Waals surface area contributed by atoms with E-state index in [0.29, 0.717) is 32.3 Å². The van der Waals surface area contributed by atoms with E-state index in [1.165, 1.54) is 11.8 Å². The van der Waals surface area contributed by atoms with Gasteiger partial charge in [0.1, 0.15) is 0 Å². The van der Waals surface area contributed by atoms with Crippen molar-refractivity contribution in [2.24, 2.45) is 0 Å². The lowest BCUT2D eigenvalue weighted by molar-refractivity contribution is 0.0932. The van der Waals surface area contributed by atoms with Gasteiger partial charge in [-0.1, -0.05) is 53.0 Å². The van der Waals surface area contributed by atoms with Gasteiger partial charge < -0.3 is 5.32 Å². The van der Waals surface area contributed by atoms with E-state index in [4.69, 9.17) is 23.2 Å². The maximum Gasteiger partial charge on any atom is 0.274 e. The van der Waals surface area contributed by atoms with Crippen LogP contribution in [0.15, 0.2) is 41.8 Å². The van der Waals surface area contributed by atoms with Gasteiger partial charge in [0.25, 0.3) is 5.91 Å². The molecule has 150 valence electrons. The number of rotatable bonds is 6. The lowest BCUT2D eigenvalue weighted by atomic mass is 10.2. The second-order valence-corrected chi connectivity index (χ2v) is 8.51. The van der Waals surface area contributed by atoms with E-state index in [2.05, 4.69) is 25.6 Å². The van der Waals surface area contributed by atoms with Gasteiger partial charge in [-0.05, 0) is 37.1 Å². The van der Waals surface area contributed by atoms with Gasteiger partial charge in [0.15, 0.2) is 10.9 Å². The fraction of sp³-hybridized carbons (Fsp3) is 0.316. The third-order valence-electron chi connectivity index (χ3n) is 4.64. The van der Waals surface area contributed by atoms with Crippen LogP contribution in [0.4, 0.5) is 0 Å². The molecular weight excluding hydrogens is 431 g/mol. The smallest absolute Gasteiger partial charge is 0.274 e. The summed E-state index contributed by atoms with van der Waals surface area (Å²) in [7, 11) is 0. The maximum absolute atomic E-state index is 12.9. The van der Waals surface area contributed by atoms with Crippen LogP contribution in [0, 0.1) is 0 Å². The Bertz CT molecular complexity index is 987. The Kier molecular flexibility index (Phi) is 6.32. The normalized spacial score (nSPS) is 14.3. The summed E-state index contributed by atoms with van der Waals surface area (Å²) in [6.45, 7) is 0. The van der Waals surface area contributed by atoms with Crippen molar-refractivity contribution in [2.75, 3.05) is 0 Å². The maximum atomic E-state index is 12.9. The van der Waals surface area contributed by atoms with Crippen molar-refractivity contribution in [3.63, 3.8) is 0 Å². The third-order valence-corrected chi connectivity index (χ3v) is 5.96. The van der Waals surface area contributed by atoms with Crippen molar-refractivity contribution in [3.8, 4) is 5.69 Å². The second-order valence-electron chi connectivity index (χ2n) is 6.70. The fourth-order valence-electron chi connectivity index (χ4n) is 3.29. The minimum atomic E-state index is -0.221. The van der Waals surface area contributed by atoms with E-state index in [1.807, 2.05) is 0 Å². The van der Waals surface area contributed by atoms with Crippen LogP contribution in [0.1, 0.15) is 41.9 Å². The first-order chi connectivity index (χ1) is 14.1. The SMILES string of the molecule is O=C(NC1CCCC1)c1nnn(-c2cc(Cl)cc(Cl)c2)c1CSc1ncccn1. The third kappa shape index (κ3) is 4.88. The lowest BCUT2D eigenvalue weighted by Gasteiger charge is -2.12. The number of hydrogen-bond donors (Lipinski definition) is 1. The van der Waals surface area contributed by atoms with Gasteiger partial charge in [0, 0.05) is 34.2 Å². The first-order valence-electron chi connectivity index (χ1n) is 9.22. The minimum absolute atomic E-state index is 0.186. The highest BCUT2D eigenvalue weighted by Crippen LogP contribution is 2.27. The molecular formula is C19H18Cl2N6OS. The van der Waals surface area contributed by atoms with E-state index in [0.717, 1.165) is 25.7 Å². The average molecular weight is 449 g/mol. The first kappa shape index (κ1) is 20.1. The molecule has 4 rings (SSSR count). The Labute approximate surface area is 182 Å². The van der Waals surface area contributed by atoms with Crippen LogP contribution in [0.25, 0.3) is 5.69 Å². The summed E-state index contributed by atoms with van der Waals surface area (Å²) in [6, 6.07) is 7.04. The zero-order valence-electron chi connectivity index (χ0n) is 15.4. The van der Waals surface area contributed by atoms with Crippen molar-refractivity contribution < 1.29 is 4.79 Å². The molecule has 29 heavy (non-hydrogen) atoms. The predicted molar refractivity (Wildman–Crippen MR) is 113 cm³/mol. The molecule has 1 aliphatic carbocycles. The molecule has 0 bridgehead atoms. The number of carbonyl (C=O) groups excluding carboxylic acids is 1. The molecule has 0 radical (unpaired) electrons. The molecule has 1 amide bonds. The molecule has 1 N–H and O–H groups in total. The zero-order chi connectivity index (χ0) is 20.2. The largest absolute Gasteiger partial charge is 0.348 e. The summed E-state index contributed by atoms with van der Waals surface area (Å²) in [5.74, 6) is 0.190. The van der Waals surface area contributed by atoms with Gasteiger partial charge in [-0.3, -0.25) is 4.79 Å². The summed E-state index contributed by atoms with van der Waals surface area (Å²) < 4.78 is 1.59. The van der Waals surface area contributed by atoms with Crippen LogP contribution in [-0.4, -0.2) is 36.9 Å². The van der Waals surface area contributed by atoms with E-state index >= 15 is 0 Å². The van der Waals surface area contributed by atoms with Crippen LogP contribution in [0.3, 0.4) is 0 Å². The van der Waals surface area contributed by atoms with Crippen LogP contribution in [0.2, 0.25) is 10.0 Å². The highest BCUT2D eigenvalue weighted by Gasteiger charge is 2.25. The minimum Gasteiger partial charge on any atom is -0.348 e. The molecule has 1 aromatic carbocycles. The Balaban J connectivity index is 1.66. The fourth-order valence-corrected chi connectivity index (χ4v) is 4.60. The molecule has 0 spiro atoms. The standard InChI is InChI=1S/C19H18Cl2N6OS/c20-12-8-13(21)10-15(9-12)27-16(11-29-19-22-6-3-7-23-19)17(25-26-27)18(28)24-14-4-1-2-5-14/h3,6-10,14H,1-2,4-5,11H2,(H,24,28). The van der Waals surface area contributed by atoms with Gasteiger partial charge >= 0.3 is 0 Å². The monoisotopic (exact) mass is 448 g/mol. The van der Waals surface area contributed by atoms with Gasteiger partial charge in [0.2, 0.25) is 0 Å². The molecule has 1 fully saturated rings. The van der Waals surface area contributed by atoms with E-state index in [1.54, 1.807) is 41.3 Å². The molecule has 7 nitrogen and oxygen atoms in total. The summed E-state index contributed by atoms with van der Waals surface area (Å²) >= 11 is 13.7. The predicted octanol–water partition coefficient (Wildman–Crippen LogP) is 4.33. The van der Waals surface area contributed by atoms with Crippen LogP contribution < -0.4 is 5.32 Å². The van der Waals surface area contributed by atoms with Crippen molar-refractivity contribution >= 4 is 40.9 Å². The first-order valence-corrected chi connectivity index (χ1v) is 11.0. The number of benzene rings is 1. The highest BCUT2D eigenvalue weighted by molar-refractivity contribution is 7.98. The van der Waals surface area contributed by atoms with Crippen LogP contribution >= 0.6 is 35.0 Å². The summed E-state index contributed by atoms with van der Waals surface area (Å²) in [6.07, 6.45) is 7.60. The molecule has 0 aliphatic heterocycles. The quantitative estimate of drug-likeness (QED) is 0.446. The van der Waals surface area contributed by atoms with Crippen LogP contribution in [0.5, 0.6) is 0 Å². The molecule has 10 heteroatoms. The van der Waals surface area contributed by atoms with Crippen molar-refractivity contribution in [2.45, 2.75) is 42.6 Å². The molecule has 3 aromatic rings. The van der Waals surface area contributed by atoms with Crippen molar-refractivity contribution in [1.29, 1.82) is 0 Å². The van der Waals surface area contributed by atoms with Gasteiger partial charge in [-0.15, -0.1) is 5.10 Å². The number of thioether (sulfide) groups is 1. The number of carbonyl (C=O) groups is 1. The van der Waals surface area contributed by atoms with Gasteiger partial charge in [-0.2, -0.15) is 0 Å². The Hall–Kier alpha value is -2.16. The van der Waals surface area contributed by atoms with Crippen LogP contribution in [-0.2, 0) is 5.75 Å². The summed E-state index contributed by atoms with van der Waals surface area (Å²) in [4.78, 5) is 21.3. The molecule has 0 unspecified atom stereocenters. The number of nitrogens with one attached hydrogen (secondary N) is 1. The molecule has 1 saturated carbocycles. The molecule has 2 heterocycles. The summed E-state index contributed by atoms with van der Waals surface area (Å²) in [5, 5.41) is 13.0. The van der Waals surface area contributed by atoms with Crippen molar-refractivity contribution in [3.05, 3.63) is 58.1 Å². The number of aromatic nitrogens is 5. The molecule has 1 aliphatic rings. The molecule has 2 aromatic heterocycles. The average Bonchev–Trinajstić information content (AvgIpc) is 3.36. The Morgan fingerprint density at radius 2 is 1.83 bits per heavy atom. The van der Waals surface area contributed by atoms with E-state index < -0.39 is 0 Å². The molecule has 0 atom stereocenters. The topological polar surface area (TPSA) is 85.6 Å². The number of nitrogens with zero attached hydrogens (tertiary/aromatic N) is 5.